The van der Waals surface area contributed by atoms with Gasteiger partial charge < -0.3 is 42.6 Å². The molecule has 16 rings (SSSR count). The molecule has 1 saturated heterocycles. The maximum absolute atomic E-state index is 10.6. The number of benzene rings is 6. The summed E-state index contributed by atoms with van der Waals surface area (Å²) in [5, 5.41) is 4.70. The largest absolute Gasteiger partial charge is 0.501 e. The van der Waals surface area contributed by atoms with Gasteiger partial charge in [0.15, 0.2) is 6.10 Å². The number of carbonyl (C=O) groups excluding carboxylic acids is 1. The van der Waals surface area contributed by atoms with Crippen LogP contribution in [0.5, 0.6) is 17.2 Å². The van der Waals surface area contributed by atoms with Gasteiger partial charge in [-0.1, -0.05) is 195 Å². The summed E-state index contributed by atoms with van der Waals surface area (Å²) < 4.78 is 46.7. The van der Waals surface area contributed by atoms with Crippen molar-refractivity contribution in [3.05, 3.63) is 254 Å². The highest BCUT2D eigenvalue weighted by Crippen LogP contribution is 2.60. The van der Waals surface area contributed by atoms with Crippen molar-refractivity contribution in [3.63, 3.8) is 0 Å². The molecule has 9 aliphatic carbocycles. The van der Waals surface area contributed by atoms with E-state index in [1.54, 1.807) is 18.8 Å². The van der Waals surface area contributed by atoms with Crippen molar-refractivity contribution >= 4 is 27.5 Å². The molecule has 0 aromatic heterocycles. The number of rotatable bonds is 19. The first-order valence-corrected chi connectivity index (χ1v) is 34.0. The van der Waals surface area contributed by atoms with Crippen molar-refractivity contribution in [3.8, 4) is 17.2 Å². The average Bonchev–Trinajstić information content (AvgIpc) is 0.820. The van der Waals surface area contributed by atoms with Crippen LogP contribution in [0.25, 0.3) is 21.5 Å². The van der Waals surface area contributed by atoms with Gasteiger partial charge in [0.2, 0.25) is 0 Å². The molecule has 0 N–H and O–H groups in total. The van der Waals surface area contributed by atoms with Crippen LogP contribution in [-0.4, -0.2) is 37.0 Å². The van der Waals surface area contributed by atoms with Gasteiger partial charge in [0.25, 0.3) is 0 Å². The van der Waals surface area contributed by atoms with Gasteiger partial charge >= 0.3 is 5.97 Å². The summed E-state index contributed by atoms with van der Waals surface area (Å²) in [7, 11) is 0. The molecule has 9 saturated carbocycles. The number of fused-ring (bicyclic) bond motifs is 2. The van der Waals surface area contributed by atoms with E-state index in [2.05, 4.69) is 102 Å². The molecule has 10 nitrogen and oxygen atoms in total. The molecule has 8 bridgehead atoms. The molecule has 10 aliphatic rings. The zero-order valence-electron chi connectivity index (χ0n) is 56.6. The fourth-order valence-electron chi connectivity index (χ4n) is 16.0. The SMILES string of the molecule is C=COC12CC3CC(CC(C3)C1)C2.C=COC1CC(CC)CCC1(C)C.C=COC1CCOC1=O.C=COCC12CC3CC(CC(C3)C1)C2.C=COCc1ccccc1.C=COc1ccc2ccccc2c1.C=COc1cccc2ccccc12.C=COc1ccccc1. The Bertz CT molecular complexity index is 3210. The van der Waals surface area contributed by atoms with E-state index < -0.39 is 6.10 Å². The second-order valence-electron chi connectivity index (χ2n) is 27.0. The van der Waals surface area contributed by atoms with Gasteiger partial charge in [0.05, 0.1) is 63.3 Å². The van der Waals surface area contributed by atoms with Crippen LogP contribution in [0.4, 0.5) is 0 Å². The molecule has 3 unspecified atom stereocenters. The topological polar surface area (TPSA) is 100 Å². The van der Waals surface area contributed by atoms with Crippen LogP contribution < -0.4 is 14.2 Å². The number of esters is 1. The van der Waals surface area contributed by atoms with Crippen LogP contribution in [0, 0.1) is 52.3 Å². The van der Waals surface area contributed by atoms with Gasteiger partial charge in [-0.3, -0.25) is 0 Å². The average molecular weight is 1280 g/mol. The fourth-order valence-corrected chi connectivity index (χ4v) is 16.0. The highest BCUT2D eigenvalue weighted by atomic mass is 16.6. The summed E-state index contributed by atoms with van der Waals surface area (Å²) in [5.41, 5.74) is 2.29. The van der Waals surface area contributed by atoms with Gasteiger partial charge in [-0.2, -0.15) is 0 Å². The van der Waals surface area contributed by atoms with Crippen LogP contribution >= 0.6 is 0 Å². The third-order valence-electron chi connectivity index (χ3n) is 19.7. The second-order valence-corrected chi connectivity index (χ2v) is 27.0. The summed E-state index contributed by atoms with van der Waals surface area (Å²) in [6.07, 6.45) is 34.9. The lowest BCUT2D eigenvalue weighted by molar-refractivity contribution is -0.144. The van der Waals surface area contributed by atoms with Crippen LogP contribution in [-0.2, 0) is 39.8 Å². The third kappa shape index (κ3) is 22.7. The molecule has 1 heterocycles. The monoisotopic (exact) mass is 1270 g/mol. The van der Waals surface area contributed by atoms with E-state index in [9.17, 15) is 4.79 Å². The van der Waals surface area contributed by atoms with Gasteiger partial charge in [-0.25, -0.2) is 4.79 Å². The van der Waals surface area contributed by atoms with Crippen molar-refractivity contribution in [1.82, 2.24) is 0 Å². The highest BCUT2D eigenvalue weighted by molar-refractivity contribution is 5.88. The summed E-state index contributed by atoms with van der Waals surface area (Å²) in [6.45, 7) is 37.2. The Morgan fingerprint density at radius 1 is 0.489 bits per heavy atom. The fraction of sp³-hybridized carbons (Fsp3) is 0.417. The molecule has 94 heavy (non-hydrogen) atoms. The minimum Gasteiger partial charge on any atom is -0.501 e. The van der Waals surface area contributed by atoms with E-state index in [4.69, 9.17) is 37.9 Å². The molecule has 0 amide bonds. The Labute approximate surface area is 563 Å². The Balaban J connectivity index is 0.000000153. The Hall–Kier alpha value is -8.37. The number of cyclic esters (lactones) is 1. The van der Waals surface area contributed by atoms with E-state index in [-0.39, 0.29) is 11.6 Å². The molecule has 10 fully saturated rings. The van der Waals surface area contributed by atoms with Crippen LogP contribution in [0.3, 0.4) is 0 Å². The minimum atomic E-state index is -0.400. The van der Waals surface area contributed by atoms with Crippen LogP contribution in [0.15, 0.2) is 248 Å². The first kappa shape index (κ1) is 73.0. The molecular weight excluding hydrogens is 1170 g/mol. The number of hydrogen-bond donors (Lipinski definition) is 0. The molecule has 1 aliphatic heterocycles. The zero-order chi connectivity index (χ0) is 67.0. The molecular formula is C84H106O10. The van der Waals surface area contributed by atoms with Gasteiger partial charge in [-0.15, -0.1) is 0 Å². The predicted octanol–water partition coefficient (Wildman–Crippen LogP) is 22.0. The summed E-state index contributed by atoms with van der Waals surface area (Å²) in [6, 6.07) is 47.7. The van der Waals surface area contributed by atoms with Gasteiger partial charge in [0.1, 0.15) is 35.6 Å². The number of carbonyl (C=O) groups is 1. The van der Waals surface area contributed by atoms with Crippen molar-refractivity contribution in [2.24, 2.45) is 52.3 Å². The van der Waals surface area contributed by atoms with Gasteiger partial charge in [0, 0.05) is 22.6 Å². The van der Waals surface area contributed by atoms with Crippen molar-refractivity contribution in [1.29, 1.82) is 0 Å². The van der Waals surface area contributed by atoms with E-state index in [0.29, 0.717) is 36.6 Å². The van der Waals surface area contributed by atoms with E-state index >= 15 is 0 Å². The lowest BCUT2D eigenvalue weighted by atomic mass is 9.50. The molecule has 10 heteroatoms. The van der Waals surface area contributed by atoms with E-state index in [0.717, 1.165) is 70.7 Å². The molecule has 502 valence electrons. The third-order valence-corrected chi connectivity index (χ3v) is 19.7. The second kappa shape index (κ2) is 38.1. The minimum absolute atomic E-state index is 0.233. The van der Waals surface area contributed by atoms with Crippen LogP contribution in [0.1, 0.15) is 135 Å². The summed E-state index contributed by atoms with van der Waals surface area (Å²) in [5.74, 6) is 9.13. The molecule has 3 atom stereocenters. The maximum Gasteiger partial charge on any atom is 0.347 e. The van der Waals surface area contributed by atoms with Crippen molar-refractivity contribution in [2.75, 3.05) is 13.2 Å². The van der Waals surface area contributed by atoms with Crippen molar-refractivity contribution < 1.29 is 47.4 Å². The normalized spacial score (nSPS) is 25.9. The van der Waals surface area contributed by atoms with Crippen LogP contribution in [0.2, 0.25) is 0 Å². The quantitative estimate of drug-likeness (QED) is 0.0576. The van der Waals surface area contributed by atoms with E-state index in [1.165, 1.54) is 156 Å². The van der Waals surface area contributed by atoms with Gasteiger partial charge in [-0.05, 0) is 190 Å². The number of ether oxygens (including phenoxy) is 9. The molecule has 6 aromatic rings. The zero-order valence-corrected chi connectivity index (χ0v) is 56.6. The lowest BCUT2D eigenvalue weighted by Gasteiger charge is -2.56. The molecule has 6 aromatic carbocycles. The standard InChI is InChI=1S/C13H20O.C12H18O.2C12H10O.C12H22O.C9H10O.C8H8O.C6H8O3/c1-2-14-9-13-6-10-3-11(7-13)5-12(4-10)8-13;1-2-13-12-6-9-3-10(7-12)5-11(4-9)8-12;1-2-13-12-9-5-7-10-6-3-4-8-11(10)12;1-2-13-12-8-7-10-5-3-4-6-11(10)9-12;1-5-10-7-8-12(3,4)11(9-10)13-6-2;1-2-10-8-9-6-4-3-5-7-9;1-2-9-8-6-4-3-5-7-8;1-2-8-5-3-4-9-6(5)7/h2,10-12H,1,3-9H2;2,9-11H,1,3-8H2;2*2-9H,1H2;6,10-11H,2,5,7-9H2,1,3-4H3;2-7H,1,8H2;2-7H,1H2;2,5H,1,3-4H2. The van der Waals surface area contributed by atoms with Crippen molar-refractivity contribution in [2.45, 2.75) is 154 Å². The van der Waals surface area contributed by atoms with E-state index in [1.807, 2.05) is 121 Å². The Morgan fingerprint density at radius 3 is 1.56 bits per heavy atom. The Kier molecular flexibility index (Phi) is 29.6. The first-order chi connectivity index (χ1) is 45.7. The number of para-hydroxylation sites is 1. The predicted molar refractivity (Wildman–Crippen MR) is 384 cm³/mol. The maximum atomic E-state index is 10.6. The Morgan fingerprint density at radius 2 is 1.02 bits per heavy atom. The highest BCUT2D eigenvalue weighted by Gasteiger charge is 2.53. The molecule has 0 radical (unpaired) electrons. The first-order valence-electron chi connectivity index (χ1n) is 34.0. The molecule has 0 spiro atoms. The summed E-state index contributed by atoms with van der Waals surface area (Å²) >= 11 is 0. The summed E-state index contributed by atoms with van der Waals surface area (Å²) in [4.78, 5) is 10.6. The lowest BCUT2D eigenvalue weighted by Crippen LogP contribution is -2.51. The number of hydrogen-bond acceptors (Lipinski definition) is 10. The smallest absolute Gasteiger partial charge is 0.347 e.